The van der Waals surface area contributed by atoms with Crippen LogP contribution in [-0.4, -0.2) is 72.0 Å². The van der Waals surface area contributed by atoms with Crippen LogP contribution >= 0.6 is 11.3 Å². The maximum absolute atomic E-state index is 14.6. The lowest BCUT2D eigenvalue weighted by Crippen LogP contribution is -2.64. The Labute approximate surface area is 274 Å². The van der Waals surface area contributed by atoms with Gasteiger partial charge < -0.3 is 30.5 Å². The summed E-state index contributed by atoms with van der Waals surface area (Å²) in [6, 6.07) is 6.99. The zero-order valence-electron chi connectivity index (χ0n) is 28.3. The number of nitrogens with zero attached hydrogens (tertiary/aromatic N) is 2. The van der Waals surface area contributed by atoms with Gasteiger partial charge in [0, 0.05) is 38.8 Å². The Bertz CT molecular complexity index is 1370. The molecule has 9 nitrogen and oxygen atoms in total. The van der Waals surface area contributed by atoms with Gasteiger partial charge >= 0.3 is 6.09 Å². The van der Waals surface area contributed by atoms with E-state index >= 15 is 0 Å². The Morgan fingerprint density at radius 2 is 1.82 bits per heavy atom. The molecule has 2 aliphatic carbocycles. The minimum atomic E-state index is -0.934. The second-order valence-corrected chi connectivity index (χ2v) is 13.9. The van der Waals surface area contributed by atoms with E-state index in [0.29, 0.717) is 31.6 Å². The Balaban J connectivity index is 1.22. The van der Waals surface area contributed by atoms with E-state index in [1.165, 1.54) is 4.90 Å². The summed E-state index contributed by atoms with van der Waals surface area (Å²) in [6.45, 7) is 2.25. The van der Waals surface area contributed by atoms with Crippen molar-refractivity contribution in [2.24, 2.45) is 5.89 Å². The van der Waals surface area contributed by atoms with E-state index in [1.54, 1.807) is 16.2 Å². The van der Waals surface area contributed by atoms with Crippen molar-refractivity contribution >= 4 is 29.2 Å². The lowest BCUT2D eigenvalue weighted by Gasteiger charge is -2.42. The van der Waals surface area contributed by atoms with Crippen LogP contribution in [0.4, 0.5) is 4.79 Å². The second kappa shape index (κ2) is 15.6. The van der Waals surface area contributed by atoms with Gasteiger partial charge in [0.15, 0.2) is 0 Å². The van der Waals surface area contributed by atoms with Crippen molar-refractivity contribution in [2.45, 2.75) is 108 Å². The average molecular weight is 638 g/mol. The Kier molecular flexibility index (Phi) is 10.2. The van der Waals surface area contributed by atoms with Crippen LogP contribution in [0.3, 0.4) is 0 Å². The van der Waals surface area contributed by atoms with Gasteiger partial charge in [-0.05, 0) is 61.2 Å². The molecule has 2 aromatic rings. The highest BCUT2D eigenvalue weighted by Gasteiger charge is 2.41. The van der Waals surface area contributed by atoms with Gasteiger partial charge in [0.25, 0.3) is 0 Å². The molecule has 0 bridgehead atoms. The van der Waals surface area contributed by atoms with Gasteiger partial charge in [-0.3, -0.25) is 9.59 Å². The Morgan fingerprint density at radius 3 is 2.60 bits per heavy atom. The van der Waals surface area contributed by atoms with Gasteiger partial charge in [-0.1, -0.05) is 69.6 Å². The quantitative estimate of drug-likeness (QED) is 0.359. The molecule has 244 valence electrons. The normalized spacial score (nSPS) is 24.0. The number of nitrogens with one attached hydrogen (secondary N) is 3. The minimum absolute atomic E-state index is 0.00217. The fourth-order valence-electron chi connectivity index (χ4n) is 7.21. The number of hydrogen-bond donors (Lipinski definition) is 3. The molecule has 4 aliphatic rings. The highest BCUT2D eigenvalue weighted by molar-refractivity contribution is 7.09. The number of benzene rings is 1. The number of piperazine rings is 1. The third-order valence-corrected chi connectivity index (χ3v) is 10.6. The first-order valence-corrected chi connectivity index (χ1v) is 17.8. The first kappa shape index (κ1) is 29.5. The summed E-state index contributed by atoms with van der Waals surface area (Å²) in [5.74, 6) is -0.795. The lowest BCUT2D eigenvalue weighted by atomic mass is 9.83. The van der Waals surface area contributed by atoms with E-state index in [4.69, 9.17) is 4.74 Å². The maximum Gasteiger partial charge on any atom is 0.415 e. The summed E-state index contributed by atoms with van der Waals surface area (Å²) in [4.78, 5) is 46.2. The molecule has 0 unspecified atom stereocenters. The van der Waals surface area contributed by atoms with Gasteiger partial charge in [0.05, 0.1) is 19.1 Å². The van der Waals surface area contributed by atoms with Gasteiger partial charge in [0.2, 0.25) is 11.8 Å². The molecule has 1 aromatic heterocycles. The van der Waals surface area contributed by atoms with Crippen molar-refractivity contribution < 1.29 is 21.9 Å². The molecule has 0 spiro atoms. The van der Waals surface area contributed by atoms with Crippen LogP contribution < -0.4 is 20.7 Å². The van der Waals surface area contributed by atoms with Crippen molar-refractivity contribution in [3.05, 3.63) is 51.7 Å². The molecule has 3 heterocycles. The SMILES string of the molecule is [2H]C1(C[C@H](NC2([2H])CCCCC2)C(=O)N2CCN(C(=O)Oc3cccc4c3CCNC4)C[C@H]2C(=O)NCc2cccs2)CCCCC1. The molecule has 10 heteroatoms. The van der Waals surface area contributed by atoms with E-state index in [-0.39, 0.29) is 31.4 Å². The van der Waals surface area contributed by atoms with Crippen LogP contribution in [0.1, 0.15) is 89.4 Å². The van der Waals surface area contributed by atoms with Crippen LogP contribution in [0.15, 0.2) is 35.7 Å². The van der Waals surface area contributed by atoms with Crippen LogP contribution in [0.25, 0.3) is 0 Å². The Hall–Kier alpha value is -2.95. The molecule has 2 saturated carbocycles. The van der Waals surface area contributed by atoms with Crippen LogP contribution in [0.5, 0.6) is 5.75 Å². The molecule has 2 atom stereocenters. The molecule has 3 fully saturated rings. The van der Waals surface area contributed by atoms with E-state index in [1.807, 2.05) is 35.7 Å². The summed E-state index contributed by atoms with van der Waals surface area (Å²) in [5, 5.41) is 11.7. The van der Waals surface area contributed by atoms with E-state index < -0.39 is 30.1 Å². The van der Waals surface area contributed by atoms with Gasteiger partial charge in [-0.25, -0.2) is 4.79 Å². The largest absolute Gasteiger partial charge is 0.415 e. The van der Waals surface area contributed by atoms with Gasteiger partial charge in [-0.2, -0.15) is 0 Å². The summed E-state index contributed by atoms with van der Waals surface area (Å²) >= 11 is 1.54. The van der Waals surface area contributed by atoms with Crippen LogP contribution in [0.2, 0.25) is 0 Å². The minimum Gasteiger partial charge on any atom is -0.410 e. The molecule has 3 amide bonds. The molecular formula is C35H49N5O4S. The van der Waals surface area contributed by atoms with E-state index in [9.17, 15) is 17.1 Å². The molecular weight excluding hydrogens is 586 g/mol. The predicted molar refractivity (Wildman–Crippen MR) is 176 cm³/mol. The zero-order chi connectivity index (χ0) is 32.9. The third kappa shape index (κ3) is 8.26. The summed E-state index contributed by atoms with van der Waals surface area (Å²) in [5.41, 5.74) is 2.13. The number of carbonyl (C=O) groups excluding carboxylic acids is 3. The van der Waals surface area contributed by atoms with Crippen molar-refractivity contribution in [3.8, 4) is 5.75 Å². The van der Waals surface area contributed by atoms with Crippen molar-refractivity contribution in [2.75, 3.05) is 26.2 Å². The maximum atomic E-state index is 14.6. The van der Waals surface area contributed by atoms with Crippen LogP contribution in [0, 0.1) is 5.89 Å². The Morgan fingerprint density at radius 1 is 1.02 bits per heavy atom. The summed E-state index contributed by atoms with van der Waals surface area (Å²) < 4.78 is 24.4. The molecule has 6 rings (SSSR count). The third-order valence-electron chi connectivity index (χ3n) is 9.72. The topological polar surface area (TPSA) is 103 Å². The zero-order valence-corrected chi connectivity index (χ0v) is 27.1. The van der Waals surface area contributed by atoms with Crippen molar-refractivity contribution in [1.29, 1.82) is 0 Å². The number of carbonyl (C=O) groups is 3. The van der Waals surface area contributed by atoms with E-state index in [2.05, 4.69) is 16.0 Å². The summed E-state index contributed by atoms with van der Waals surface area (Å²) in [6.07, 6.45) is 9.28. The van der Waals surface area contributed by atoms with Crippen LogP contribution in [-0.2, 0) is 29.1 Å². The molecule has 45 heavy (non-hydrogen) atoms. The summed E-state index contributed by atoms with van der Waals surface area (Å²) in [7, 11) is 0. The fraction of sp³-hybridized carbons (Fsp3) is 0.629. The van der Waals surface area contributed by atoms with Gasteiger partial charge in [0.1, 0.15) is 11.8 Å². The number of fused-ring (bicyclic) bond motifs is 1. The van der Waals surface area contributed by atoms with E-state index in [0.717, 1.165) is 86.9 Å². The fourth-order valence-corrected chi connectivity index (χ4v) is 7.85. The first-order valence-electron chi connectivity index (χ1n) is 17.9. The molecule has 1 aromatic carbocycles. The molecule has 3 N–H and O–H groups in total. The smallest absolute Gasteiger partial charge is 0.410 e. The number of ether oxygens (including phenoxy) is 1. The second-order valence-electron chi connectivity index (χ2n) is 12.9. The number of hydrogen-bond acceptors (Lipinski definition) is 7. The number of thiophene rings is 1. The molecule has 0 radical (unpaired) electrons. The van der Waals surface area contributed by atoms with Crippen molar-refractivity contribution in [3.63, 3.8) is 0 Å². The monoisotopic (exact) mass is 637 g/mol. The van der Waals surface area contributed by atoms with Crippen molar-refractivity contribution in [1.82, 2.24) is 25.8 Å². The highest BCUT2D eigenvalue weighted by Crippen LogP contribution is 2.30. The standard InChI is InChI=1S/C35H49N5O4S/c41-33(37-23-28-14-8-20-45-28)31-24-39(35(43)44-32-15-7-11-26-22-36-17-16-29(26)32)18-19-40(31)34(42)30(21-25-9-3-1-4-10-25)38-27-12-5-2-6-13-27/h7-8,11,14-15,20,25,27,30-31,36,38H,1-6,9-10,12-13,16-19,21-24H2,(H,37,41)/t30-,31-/m0/s1/i25D,27D. The predicted octanol–water partition coefficient (Wildman–Crippen LogP) is 4.98. The molecule has 1 saturated heterocycles. The lowest BCUT2D eigenvalue weighted by molar-refractivity contribution is -0.145. The first-order chi connectivity index (χ1) is 22.7. The number of rotatable bonds is 9. The average Bonchev–Trinajstić information content (AvgIpc) is 3.61. The molecule has 2 aliphatic heterocycles. The number of amides is 3. The van der Waals surface area contributed by atoms with Gasteiger partial charge in [-0.15, -0.1) is 11.3 Å². The highest BCUT2D eigenvalue weighted by atomic mass is 32.1.